The zero-order chi connectivity index (χ0) is 13.4. The molecule has 0 radical (unpaired) electrons. The fourth-order valence-electron chi connectivity index (χ4n) is 1.89. The predicted molar refractivity (Wildman–Crippen MR) is 81.2 cm³/mol. The zero-order valence-electron chi connectivity index (χ0n) is 9.72. The van der Waals surface area contributed by atoms with E-state index in [1.807, 2.05) is 24.3 Å². The first-order chi connectivity index (χ1) is 9.13. The van der Waals surface area contributed by atoms with Gasteiger partial charge in [-0.2, -0.15) is 0 Å². The molecule has 3 aromatic rings. The average molecular weight is 364 g/mol. The third-order valence-electron chi connectivity index (χ3n) is 2.85. The Morgan fingerprint density at radius 2 is 1.89 bits per heavy atom. The van der Waals surface area contributed by atoms with Gasteiger partial charge in [0.05, 0.1) is 16.6 Å². The normalized spacial score (nSPS) is 10.8. The van der Waals surface area contributed by atoms with Crippen molar-refractivity contribution >= 4 is 39.6 Å². The van der Waals surface area contributed by atoms with E-state index in [0.717, 1.165) is 26.0 Å². The predicted octanol–water partition coefficient (Wildman–Crippen LogP) is 3.53. The van der Waals surface area contributed by atoms with Crippen molar-refractivity contribution in [3.8, 4) is 11.4 Å². The molecular weight excluding hydrogens is 355 g/mol. The summed E-state index contributed by atoms with van der Waals surface area (Å²) in [6, 6.07) is 12.8. The maximum absolute atomic E-state index is 10.9. The first kappa shape index (κ1) is 12.2. The second kappa shape index (κ2) is 4.65. The molecule has 0 aliphatic rings. The van der Waals surface area contributed by atoms with Crippen molar-refractivity contribution < 1.29 is 9.90 Å². The lowest BCUT2D eigenvalue weighted by molar-refractivity contribution is 0.0697. The van der Waals surface area contributed by atoms with Crippen LogP contribution in [-0.2, 0) is 0 Å². The number of carbonyl (C=O) groups is 1. The Labute approximate surface area is 122 Å². The van der Waals surface area contributed by atoms with Gasteiger partial charge in [-0.25, -0.2) is 9.78 Å². The summed E-state index contributed by atoms with van der Waals surface area (Å²) in [4.78, 5) is 18.5. The summed E-state index contributed by atoms with van der Waals surface area (Å²) < 4.78 is 1.16. The number of H-pyrrole nitrogens is 1. The molecule has 0 saturated carbocycles. The van der Waals surface area contributed by atoms with Crippen LogP contribution in [0.4, 0.5) is 0 Å². The Hall–Kier alpha value is -1.89. The average Bonchev–Trinajstić information content (AvgIpc) is 2.82. The number of halogens is 1. The van der Waals surface area contributed by atoms with Crippen molar-refractivity contribution in [1.82, 2.24) is 9.97 Å². The van der Waals surface area contributed by atoms with E-state index in [9.17, 15) is 4.79 Å². The lowest BCUT2D eigenvalue weighted by Gasteiger charge is -1.95. The third-order valence-corrected chi connectivity index (χ3v) is 3.57. The van der Waals surface area contributed by atoms with E-state index >= 15 is 0 Å². The number of hydrogen-bond acceptors (Lipinski definition) is 2. The quantitative estimate of drug-likeness (QED) is 0.684. The van der Waals surface area contributed by atoms with Gasteiger partial charge in [0.1, 0.15) is 5.82 Å². The highest BCUT2D eigenvalue weighted by atomic mass is 127. The first-order valence-electron chi connectivity index (χ1n) is 5.62. The van der Waals surface area contributed by atoms with Gasteiger partial charge in [0, 0.05) is 9.13 Å². The highest BCUT2D eigenvalue weighted by Gasteiger charge is 2.08. The zero-order valence-corrected chi connectivity index (χ0v) is 11.9. The summed E-state index contributed by atoms with van der Waals surface area (Å²) in [5.41, 5.74) is 2.73. The molecule has 0 aliphatic heterocycles. The Bertz CT molecular complexity index is 763. The van der Waals surface area contributed by atoms with Crippen molar-refractivity contribution in [2.75, 3.05) is 0 Å². The molecule has 3 rings (SSSR count). The molecule has 0 fully saturated rings. The van der Waals surface area contributed by atoms with Crippen LogP contribution in [0.5, 0.6) is 0 Å². The summed E-state index contributed by atoms with van der Waals surface area (Å²) >= 11 is 2.25. The van der Waals surface area contributed by atoms with Crippen LogP contribution in [0.15, 0.2) is 42.5 Å². The number of rotatable bonds is 2. The van der Waals surface area contributed by atoms with Crippen LogP contribution >= 0.6 is 22.6 Å². The maximum Gasteiger partial charge on any atom is 0.335 e. The molecule has 5 heteroatoms. The van der Waals surface area contributed by atoms with Gasteiger partial charge in [-0.3, -0.25) is 0 Å². The Morgan fingerprint density at radius 3 is 2.58 bits per heavy atom. The van der Waals surface area contributed by atoms with Gasteiger partial charge in [-0.1, -0.05) is 12.1 Å². The molecule has 0 spiro atoms. The van der Waals surface area contributed by atoms with E-state index < -0.39 is 5.97 Å². The molecule has 19 heavy (non-hydrogen) atoms. The van der Waals surface area contributed by atoms with Gasteiger partial charge in [-0.15, -0.1) is 0 Å². The number of carboxylic acid groups (broad SMARTS) is 1. The number of carboxylic acids is 1. The molecule has 1 aromatic heterocycles. The summed E-state index contributed by atoms with van der Waals surface area (Å²) in [5, 5.41) is 8.96. The van der Waals surface area contributed by atoms with Crippen molar-refractivity contribution in [3.63, 3.8) is 0 Å². The largest absolute Gasteiger partial charge is 0.478 e. The van der Waals surface area contributed by atoms with Gasteiger partial charge < -0.3 is 10.1 Å². The minimum Gasteiger partial charge on any atom is -0.478 e. The van der Waals surface area contributed by atoms with Gasteiger partial charge in [0.2, 0.25) is 0 Å². The van der Waals surface area contributed by atoms with Crippen LogP contribution in [0, 0.1) is 3.57 Å². The number of benzene rings is 2. The number of aromatic amines is 1. The smallest absolute Gasteiger partial charge is 0.335 e. The van der Waals surface area contributed by atoms with Crippen molar-refractivity contribution in [2.24, 2.45) is 0 Å². The second-order valence-corrected chi connectivity index (χ2v) is 5.38. The molecule has 0 amide bonds. The molecule has 2 aromatic carbocycles. The van der Waals surface area contributed by atoms with Crippen LogP contribution in [0.2, 0.25) is 0 Å². The molecule has 4 nitrogen and oxygen atoms in total. The monoisotopic (exact) mass is 364 g/mol. The first-order valence-corrected chi connectivity index (χ1v) is 6.70. The van der Waals surface area contributed by atoms with Gasteiger partial charge in [0.25, 0.3) is 0 Å². The van der Waals surface area contributed by atoms with E-state index in [-0.39, 0.29) is 5.56 Å². The Morgan fingerprint density at radius 1 is 1.16 bits per heavy atom. The number of hydrogen-bond donors (Lipinski definition) is 2. The SMILES string of the molecule is O=C(O)c1ccc2nc(-c3ccc(I)cc3)[nH]c2c1. The molecular formula is C14H9IN2O2. The Balaban J connectivity index is 2.11. The number of imidazole rings is 1. The number of aromatic nitrogens is 2. The van der Waals surface area contributed by atoms with Gasteiger partial charge in [-0.05, 0) is 52.9 Å². The second-order valence-electron chi connectivity index (χ2n) is 4.13. The molecule has 0 aliphatic carbocycles. The topological polar surface area (TPSA) is 66.0 Å². The molecule has 0 unspecified atom stereocenters. The highest BCUT2D eigenvalue weighted by molar-refractivity contribution is 14.1. The Kier molecular flexibility index (Phi) is 2.98. The van der Waals surface area contributed by atoms with Crippen LogP contribution in [-0.4, -0.2) is 21.0 Å². The van der Waals surface area contributed by atoms with Crippen molar-refractivity contribution in [3.05, 3.63) is 51.6 Å². The summed E-state index contributed by atoms with van der Waals surface area (Å²) in [6.45, 7) is 0. The fourth-order valence-corrected chi connectivity index (χ4v) is 2.25. The minimum absolute atomic E-state index is 0.255. The number of nitrogens with one attached hydrogen (secondary N) is 1. The van der Waals surface area contributed by atoms with E-state index in [0.29, 0.717) is 0 Å². The summed E-state index contributed by atoms with van der Waals surface area (Å²) in [7, 11) is 0. The summed E-state index contributed by atoms with van der Waals surface area (Å²) in [6.07, 6.45) is 0. The van der Waals surface area contributed by atoms with E-state index in [2.05, 4.69) is 32.6 Å². The van der Waals surface area contributed by atoms with Crippen LogP contribution in [0.1, 0.15) is 10.4 Å². The fraction of sp³-hybridized carbons (Fsp3) is 0. The van der Waals surface area contributed by atoms with Crippen molar-refractivity contribution in [2.45, 2.75) is 0 Å². The molecule has 94 valence electrons. The molecule has 0 atom stereocenters. The lowest BCUT2D eigenvalue weighted by atomic mass is 10.2. The van der Waals surface area contributed by atoms with Crippen molar-refractivity contribution in [1.29, 1.82) is 0 Å². The van der Waals surface area contributed by atoms with E-state index in [1.165, 1.54) is 0 Å². The van der Waals surface area contributed by atoms with E-state index in [1.54, 1.807) is 18.2 Å². The van der Waals surface area contributed by atoms with E-state index in [4.69, 9.17) is 5.11 Å². The van der Waals surface area contributed by atoms with Crippen LogP contribution in [0.25, 0.3) is 22.4 Å². The summed E-state index contributed by atoms with van der Waals surface area (Å²) in [5.74, 6) is -0.193. The number of fused-ring (bicyclic) bond motifs is 1. The molecule has 2 N–H and O–H groups in total. The number of aromatic carboxylic acids is 1. The maximum atomic E-state index is 10.9. The van der Waals surface area contributed by atoms with Gasteiger partial charge >= 0.3 is 5.97 Å². The number of nitrogens with zero attached hydrogens (tertiary/aromatic N) is 1. The van der Waals surface area contributed by atoms with Crippen LogP contribution in [0.3, 0.4) is 0 Å². The third kappa shape index (κ3) is 2.33. The molecule has 1 heterocycles. The minimum atomic E-state index is -0.938. The van der Waals surface area contributed by atoms with Crippen LogP contribution < -0.4 is 0 Å². The molecule has 0 bridgehead atoms. The molecule has 0 saturated heterocycles. The van der Waals surface area contributed by atoms with Gasteiger partial charge in [0.15, 0.2) is 0 Å². The standard InChI is InChI=1S/C14H9IN2O2/c15-10-4-1-8(2-5-10)13-16-11-6-3-9(14(18)19)7-12(11)17-13/h1-7H,(H,16,17)(H,18,19). The highest BCUT2D eigenvalue weighted by Crippen LogP contribution is 2.22. The lowest BCUT2D eigenvalue weighted by Crippen LogP contribution is -1.94.